The summed E-state index contributed by atoms with van der Waals surface area (Å²) in [5.74, 6) is 0.894. The molecule has 5 nitrogen and oxygen atoms in total. The summed E-state index contributed by atoms with van der Waals surface area (Å²) in [6.07, 6.45) is 0.224. The monoisotopic (exact) mass is 398 g/mol. The van der Waals surface area contributed by atoms with Gasteiger partial charge in [0.15, 0.2) is 4.34 Å². The minimum Gasteiger partial charge on any atom is -0.375 e. The zero-order chi connectivity index (χ0) is 18.3. The summed E-state index contributed by atoms with van der Waals surface area (Å²) in [5, 5.41) is 12.6. The van der Waals surface area contributed by atoms with E-state index in [-0.39, 0.29) is 6.10 Å². The number of anilines is 2. The molecular formula is C20H22N4OS2. The maximum Gasteiger partial charge on any atom is 0.210 e. The number of para-hydroxylation sites is 1. The zero-order valence-corrected chi connectivity index (χ0v) is 16.6. The normalized spacial score (nSPS) is 17.7. The van der Waals surface area contributed by atoms with Crippen LogP contribution < -0.4 is 5.32 Å². The third kappa shape index (κ3) is 5.52. The number of hydrogen-bond donors (Lipinski definition) is 1. The molecule has 1 aliphatic heterocycles. The maximum atomic E-state index is 5.95. The minimum atomic E-state index is 0.224. The quantitative estimate of drug-likeness (QED) is 0.600. The van der Waals surface area contributed by atoms with Crippen LogP contribution in [0.15, 0.2) is 65.0 Å². The first-order valence-corrected chi connectivity index (χ1v) is 10.8. The molecule has 0 aliphatic carbocycles. The fourth-order valence-corrected chi connectivity index (χ4v) is 4.80. The first-order valence-electron chi connectivity index (χ1n) is 9.01. The van der Waals surface area contributed by atoms with Crippen molar-refractivity contribution in [3.05, 3.63) is 66.2 Å². The molecule has 0 radical (unpaired) electrons. The lowest BCUT2D eigenvalue weighted by Gasteiger charge is -2.32. The van der Waals surface area contributed by atoms with Crippen molar-refractivity contribution < 1.29 is 4.74 Å². The summed E-state index contributed by atoms with van der Waals surface area (Å²) in [4.78, 5) is 2.46. The standard InChI is InChI=1S/C20H22N4OS2/c1-3-7-16(8-4-1)13-24-11-12-25-18(14-24)15-26-20-23-22-19(27-20)21-17-9-5-2-6-10-17/h1-10,18H,11-15H2,(H,21,22)/t18-/m1/s1. The van der Waals surface area contributed by atoms with Crippen LogP contribution in [0.4, 0.5) is 10.8 Å². The molecule has 0 unspecified atom stereocenters. The lowest BCUT2D eigenvalue weighted by molar-refractivity contribution is -0.0187. The number of hydrogen-bond acceptors (Lipinski definition) is 7. The summed E-state index contributed by atoms with van der Waals surface area (Å²) in [5.41, 5.74) is 2.38. The highest BCUT2D eigenvalue weighted by atomic mass is 32.2. The summed E-state index contributed by atoms with van der Waals surface area (Å²) in [6, 6.07) is 20.7. The van der Waals surface area contributed by atoms with Crippen LogP contribution in [-0.4, -0.2) is 46.7 Å². The number of nitrogens with one attached hydrogen (secondary N) is 1. The number of rotatable bonds is 7. The predicted octanol–water partition coefficient (Wildman–Crippen LogP) is 4.27. The second kappa shape index (κ2) is 9.32. The molecule has 2 heterocycles. The Morgan fingerprint density at radius 2 is 1.85 bits per heavy atom. The van der Waals surface area contributed by atoms with E-state index in [1.165, 1.54) is 5.56 Å². The van der Waals surface area contributed by atoms with Gasteiger partial charge < -0.3 is 10.1 Å². The highest BCUT2D eigenvalue weighted by Gasteiger charge is 2.21. The second-order valence-corrected chi connectivity index (χ2v) is 8.63. The molecule has 1 saturated heterocycles. The Morgan fingerprint density at radius 1 is 1.07 bits per heavy atom. The fourth-order valence-electron chi connectivity index (χ4n) is 2.99. The van der Waals surface area contributed by atoms with Gasteiger partial charge in [-0.25, -0.2) is 0 Å². The fraction of sp³-hybridized carbons (Fsp3) is 0.300. The van der Waals surface area contributed by atoms with Gasteiger partial charge in [0.25, 0.3) is 0 Å². The van der Waals surface area contributed by atoms with Crippen molar-refractivity contribution in [3.8, 4) is 0 Å². The molecule has 1 aliphatic rings. The van der Waals surface area contributed by atoms with E-state index in [1.54, 1.807) is 23.1 Å². The molecule has 1 aromatic heterocycles. The molecule has 0 saturated carbocycles. The maximum absolute atomic E-state index is 5.95. The second-order valence-electron chi connectivity index (χ2n) is 6.39. The van der Waals surface area contributed by atoms with Gasteiger partial charge in [-0.15, -0.1) is 10.2 Å². The largest absolute Gasteiger partial charge is 0.375 e. The van der Waals surface area contributed by atoms with Crippen molar-refractivity contribution in [2.75, 3.05) is 30.8 Å². The smallest absolute Gasteiger partial charge is 0.210 e. The first kappa shape index (κ1) is 18.4. The van der Waals surface area contributed by atoms with Crippen molar-refractivity contribution in [2.45, 2.75) is 17.0 Å². The molecule has 0 bridgehead atoms. The summed E-state index contributed by atoms with van der Waals surface area (Å²) >= 11 is 3.30. The van der Waals surface area contributed by atoms with E-state index < -0.39 is 0 Å². The molecule has 140 valence electrons. The Kier molecular flexibility index (Phi) is 6.36. The number of ether oxygens (including phenoxy) is 1. The predicted molar refractivity (Wildman–Crippen MR) is 112 cm³/mol. The molecule has 7 heteroatoms. The molecule has 27 heavy (non-hydrogen) atoms. The van der Waals surface area contributed by atoms with Crippen LogP contribution in [0.5, 0.6) is 0 Å². The summed E-state index contributed by atoms with van der Waals surface area (Å²) < 4.78 is 6.92. The Hall–Kier alpha value is -1.93. The van der Waals surface area contributed by atoms with Crippen LogP contribution in [0.2, 0.25) is 0 Å². The van der Waals surface area contributed by atoms with Crippen molar-refractivity contribution in [1.29, 1.82) is 0 Å². The molecule has 0 amide bonds. The van der Waals surface area contributed by atoms with Crippen molar-refractivity contribution in [2.24, 2.45) is 0 Å². The number of benzene rings is 2. The van der Waals surface area contributed by atoms with E-state index in [0.29, 0.717) is 0 Å². The number of aromatic nitrogens is 2. The van der Waals surface area contributed by atoms with Gasteiger partial charge in [0.1, 0.15) is 0 Å². The van der Waals surface area contributed by atoms with Crippen molar-refractivity contribution in [3.63, 3.8) is 0 Å². The van der Waals surface area contributed by atoms with Crippen molar-refractivity contribution in [1.82, 2.24) is 15.1 Å². The van der Waals surface area contributed by atoms with Gasteiger partial charge in [-0.05, 0) is 17.7 Å². The Balaban J connectivity index is 1.26. The van der Waals surface area contributed by atoms with Crippen LogP contribution in [0, 0.1) is 0 Å². The number of thioether (sulfide) groups is 1. The van der Waals surface area contributed by atoms with E-state index >= 15 is 0 Å². The van der Waals surface area contributed by atoms with Gasteiger partial charge in [0, 0.05) is 31.1 Å². The molecule has 3 aromatic rings. The number of nitrogens with zero attached hydrogens (tertiary/aromatic N) is 3. The highest BCUT2D eigenvalue weighted by Crippen LogP contribution is 2.29. The van der Waals surface area contributed by atoms with Crippen molar-refractivity contribution >= 4 is 33.9 Å². The van der Waals surface area contributed by atoms with Crippen LogP contribution in [0.25, 0.3) is 0 Å². The summed E-state index contributed by atoms with van der Waals surface area (Å²) in [7, 11) is 0. The first-order chi connectivity index (χ1) is 13.3. The highest BCUT2D eigenvalue weighted by molar-refractivity contribution is 8.01. The Labute approximate surface area is 167 Å². The molecule has 1 atom stereocenters. The minimum absolute atomic E-state index is 0.224. The van der Waals surface area contributed by atoms with E-state index in [4.69, 9.17) is 4.74 Å². The molecule has 0 spiro atoms. The van der Waals surface area contributed by atoms with Crippen LogP contribution in [0.3, 0.4) is 0 Å². The molecular weight excluding hydrogens is 376 g/mol. The third-order valence-corrected chi connectivity index (χ3v) is 6.40. The number of morpholine rings is 1. The van der Waals surface area contributed by atoms with E-state index in [0.717, 1.165) is 47.2 Å². The zero-order valence-electron chi connectivity index (χ0n) is 15.0. The SMILES string of the molecule is c1ccc(CN2CCO[C@@H](CSc3nnc(Nc4ccccc4)s3)C2)cc1. The molecule has 4 rings (SSSR count). The molecule has 1 fully saturated rings. The van der Waals surface area contributed by atoms with E-state index in [9.17, 15) is 0 Å². The summed E-state index contributed by atoms with van der Waals surface area (Å²) in [6.45, 7) is 3.71. The van der Waals surface area contributed by atoms with Crippen LogP contribution >= 0.6 is 23.1 Å². The van der Waals surface area contributed by atoms with Gasteiger partial charge >= 0.3 is 0 Å². The van der Waals surface area contributed by atoms with Crippen LogP contribution in [-0.2, 0) is 11.3 Å². The Morgan fingerprint density at radius 3 is 2.67 bits per heavy atom. The van der Waals surface area contributed by atoms with E-state index in [1.807, 2.05) is 30.3 Å². The van der Waals surface area contributed by atoms with Crippen LogP contribution in [0.1, 0.15) is 5.56 Å². The lowest BCUT2D eigenvalue weighted by atomic mass is 10.2. The van der Waals surface area contributed by atoms with Gasteiger partial charge in [-0.2, -0.15) is 0 Å². The Bertz CT molecular complexity index is 828. The van der Waals surface area contributed by atoms with Gasteiger partial charge in [0.2, 0.25) is 5.13 Å². The molecule has 1 N–H and O–H groups in total. The average molecular weight is 399 g/mol. The topological polar surface area (TPSA) is 50.3 Å². The van der Waals surface area contributed by atoms with E-state index in [2.05, 4.69) is 50.7 Å². The van der Waals surface area contributed by atoms with Gasteiger partial charge in [-0.1, -0.05) is 71.6 Å². The molecule has 2 aromatic carbocycles. The average Bonchev–Trinajstić information content (AvgIpc) is 3.16. The van der Waals surface area contributed by atoms with Gasteiger partial charge in [-0.3, -0.25) is 4.90 Å². The lowest BCUT2D eigenvalue weighted by Crippen LogP contribution is -2.43. The third-order valence-electron chi connectivity index (χ3n) is 4.30. The van der Waals surface area contributed by atoms with Gasteiger partial charge in [0.05, 0.1) is 12.7 Å².